The standard InChI is InChI=1S/C7H17N3/c1-2-3-4-5-6-7-9-10-8/h2,9-10H,1,3-8H2. The van der Waals surface area contributed by atoms with Crippen molar-refractivity contribution in [3.05, 3.63) is 12.7 Å². The molecule has 0 unspecified atom stereocenters. The van der Waals surface area contributed by atoms with E-state index in [0.29, 0.717) is 0 Å². The first-order valence-electron chi connectivity index (χ1n) is 3.71. The van der Waals surface area contributed by atoms with Crippen LogP contribution in [0.2, 0.25) is 0 Å². The summed E-state index contributed by atoms with van der Waals surface area (Å²) in [6, 6.07) is 0. The van der Waals surface area contributed by atoms with E-state index in [1.54, 1.807) is 0 Å². The summed E-state index contributed by atoms with van der Waals surface area (Å²) in [6.45, 7) is 4.58. The van der Waals surface area contributed by atoms with Gasteiger partial charge in [0.2, 0.25) is 0 Å². The first-order chi connectivity index (χ1) is 4.91. The zero-order valence-electron chi connectivity index (χ0n) is 6.40. The Labute approximate surface area is 62.6 Å². The molecule has 3 heteroatoms. The van der Waals surface area contributed by atoms with Gasteiger partial charge in [-0.2, -0.15) is 5.53 Å². The van der Waals surface area contributed by atoms with Gasteiger partial charge in [-0.3, -0.25) is 5.84 Å². The summed E-state index contributed by atoms with van der Waals surface area (Å²) in [7, 11) is 0. The highest BCUT2D eigenvalue weighted by Gasteiger charge is 1.85. The lowest BCUT2D eigenvalue weighted by molar-refractivity contribution is 0.523. The van der Waals surface area contributed by atoms with Crippen LogP contribution in [0.15, 0.2) is 12.7 Å². The maximum absolute atomic E-state index is 4.99. The highest BCUT2D eigenvalue weighted by atomic mass is 15.5. The first kappa shape index (κ1) is 9.62. The molecule has 0 aliphatic heterocycles. The van der Waals surface area contributed by atoms with Gasteiger partial charge in [-0.05, 0) is 19.3 Å². The van der Waals surface area contributed by atoms with Crippen LogP contribution in [0.5, 0.6) is 0 Å². The molecule has 0 rings (SSSR count). The molecule has 0 saturated heterocycles. The van der Waals surface area contributed by atoms with Crippen LogP contribution in [0.1, 0.15) is 25.7 Å². The number of nitrogens with one attached hydrogen (secondary N) is 2. The minimum Gasteiger partial charge on any atom is -0.258 e. The van der Waals surface area contributed by atoms with Crippen LogP contribution in [0.4, 0.5) is 0 Å². The van der Waals surface area contributed by atoms with Crippen molar-refractivity contribution in [3.8, 4) is 0 Å². The zero-order chi connectivity index (χ0) is 7.66. The molecule has 0 spiro atoms. The van der Waals surface area contributed by atoms with Gasteiger partial charge in [0.15, 0.2) is 0 Å². The minimum atomic E-state index is 0.938. The molecule has 0 aliphatic rings. The second-order valence-corrected chi connectivity index (χ2v) is 2.21. The van der Waals surface area contributed by atoms with E-state index in [1.807, 2.05) is 6.08 Å². The van der Waals surface area contributed by atoms with Gasteiger partial charge in [0.05, 0.1) is 0 Å². The predicted octanol–water partition coefficient (Wildman–Crippen LogP) is 0.701. The predicted molar refractivity (Wildman–Crippen MR) is 44.0 cm³/mol. The summed E-state index contributed by atoms with van der Waals surface area (Å²) in [6.07, 6.45) is 6.71. The Morgan fingerprint density at radius 3 is 2.70 bits per heavy atom. The Hall–Kier alpha value is -0.380. The maximum atomic E-state index is 4.99. The molecular formula is C7H17N3. The number of hydrazine groups is 2. The van der Waals surface area contributed by atoms with E-state index >= 15 is 0 Å². The van der Waals surface area contributed by atoms with Crippen molar-refractivity contribution < 1.29 is 0 Å². The molecule has 0 aromatic rings. The zero-order valence-corrected chi connectivity index (χ0v) is 6.40. The number of hydrogen-bond acceptors (Lipinski definition) is 3. The lowest BCUT2D eigenvalue weighted by atomic mass is 10.2. The molecule has 10 heavy (non-hydrogen) atoms. The van der Waals surface area contributed by atoms with Crippen molar-refractivity contribution in [2.24, 2.45) is 5.84 Å². The van der Waals surface area contributed by atoms with E-state index in [-0.39, 0.29) is 0 Å². The van der Waals surface area contributed by atoms with E-state index in [4.69, 9.17) is 5.84 Å². The number of allylic oxidation sites excluding steroid dienone is 1. The van der Waals surface area contributed by atoms with Gasteiger partial charge >= 0.3 is 0 Å². The van der Waals surface area contributed by atoms with Gasteiger partial charge in [0, 0.05) is 6.54 Å². The van der Waals surface area contributed by atoms with Gasteiger partial charge in [-0.25, -0.2) is 5.43 Å². The maximum Gasteiger partial charge on any atom is 0.0113 e. The van der Waals surface area contributed by atoms with E-state index in [9.17, 15) is 0 Å². The molecule has 0 heterocycles. The summed E-state index contributed by atoms with van der Waals surface area (Å²) >= 11 is 0. The number of hydrogen-bond donors (Lipinski definition) is 3. The second kappa shape index (κ2) is 8.62. The first-order valence-corrected chi connectivity index (χ1v) is 3.71. The van der Waals surface area contributed by atoms with Gasteiger partial charge in [0.25, 0.3) is 0 Å². The van der Waals surface area contributed by atoms with Gasteiger partial charge in [-0.1, -0.05) is 12.5 Å². The smallest absolute Gasteiger partial charge is 0.0113 e. The van der Waals surface area contributed by atoms with Crippen molar-refractivity contribution in [2.75, 3.05) is 6.54 Å². The average molecular weight is 143 g/mol. The summed E-state index contributed by atoms with van der Waals surface area (Å²) in [5, 5.41) is 0. The topological polar surface area (TPSA) is 50.1 Å². The lowest BCUT2D eigenvalue weighted by Crippen LogP contribution is -2.38. The van der Waals surface area contributed by atoms with Crippen molar-refractivity contribution >= 4 is 0 Å². The van der Waals surface area contributed by atoms with Crippen LogP contribution >= 0.6 is 0 Å². The molecule has 0 saturated carbocycles. The molecule has 0 aliphatic carbocycles. The van der Waals surface area contributed by atoms with E-state index < -0.39 is 0 Å². The molecule has 0 fully saturated rings. The molecule has 0 amide bonds. The van der Waals surface area contributed by atoms with Crippen molar-refractivity contribution in [2.45, 2.75) is 25.7 Å². The van der Waals surface area contributed by atoms with Crippen molar-refractivity contribution in [1.29, 1.82) is 0 Å². The van der Waals surface area contributed by atoms with Crippen LogP contribution in [0.3, 0.4) is 0 Å². The van der Waals surface area contributed by atoms with Crippen LogP contribution in [0, 0.1) is 0 Å². The van der Waals surface area contributed by atoms with E-state index in [0.717, 1.165) is 19.4 Å². The third-order valence-corrected chi connectivity index (χ3v) is 1.31. The largest absolute Gasteiger partial charge is 0.258 e. The quantitative estimate of drug-likeness (QED) is 0.213. The highest BCUT2D eigenvalue weighted by Crippen LogP contribution is 1.97. The van der Waals surface area contributed by atoms with Crippen molar-refractivity contribution in [1.82, 2.24) is 11.0 Å². The van der Waals surface area contributed by atoms with Gasteiger partial charge < -0.3 is 0 Å². The molecule has 60 valence electrons. The van der Waals surface area contributed by atoms with E-state index in [1.165, 1.54) is 12.8 Å². The normalized spacial score (nSPS) is 9.70. The fourth-order valence-corrected chi connectivity index (χ4v) is 0.751. The summed E-state index contributed by atoms with van der Waals surface area (Å²) in [4.78, 5) is 0. The Morgan fingerprint density at radius 1 is 1.30 bits per heavy atom. The fourth-order valence-electron chi connectivity index (χ4n) is 0.751. The molecule has 0 radical (unpaired) electrons. The molecule has 0 bridgehead atoms. The Morgan fingerprint density at radius 2 is 2.10 bits per heavy atom. The molecular weight excluding hydrogens is 126 g/mol. The fraction of sp³-hybridized carbons (Fsp3) is 0.714. The van der Waals surface area contributed by atoms with Gasteiger partial charge in [0.1, 0.15) is 0 Å². The highest BCUT2D eigenvalue weighted by molar-refractivity contribution is 4.65. The molecule has 0 aromatic carbocycles. The van der Waals surface area contributed by atoms with Crippen LogP contribution < -0.4 is 16.8 Å². The van der Waals surface area contributed by atoms with Gasteiger partial charge in [-0.15, -0.1) is 6.58 Å². The summed E-state index contributed by atoms with van der Waals surface area (Å²) in [5.41, 5.74) is 5.22. The summed E-state index contributed by atoms with van der Waals surface area (Å²) in [5.74, 6) is 4.99. The third-order valence-electron chi connectivity index (χ3n) is 1.31. The van der Waals surface area contributed by atoms with Crippen LogP contribution in [0.25, 0.3) is 0 Å². The molecule has 3 nitrogen and oxygen atoms in total. The van der Waals surface area contributed by atoms with Crippen molar-refractivity contribution in [3.63, 3.8) is 0 Å². The number of rotatable bonds is 7. The number of unbranched alkanes of at least 4 members (excludes halogenated alkanes) is 3. The Kier molecular flexibility index (Phi) is 8.29. The minimum absolute atomic E-state index is 0.938. The Balaban J connectivity index is 2.70. The summed E-state index contributed by atoms with van der Waals surface area (Å²) < 4.78 is 0. The average Bonchev–Trinajstić information content (AvgIpc) is 1.97. The lowest BCUT2D eigenvalue weighted by Gasteiger charge is -2.00. The molecule has 0 aromatic heterocycles. The second-order valence-electron chi connectivity index (χ2n) is 2.21. The molecule has 4 N–H and O–H groups in total. The van der Waals surface area contributed by atoms with Crippen LogP contribution in [-0.2, 0) is 0 Å². The molecule has 0 atom stereocenters. The monoisotopic (exact) mass is 143 g/mol. The van der Waals surface area contributed by atoms with Crippen LogP contribution in [-0.4, -0.2) is 6.54 Å². The SMILES string of the molecule is C=CCCCCCNNN. The number of nitrogens with two attached hydrogens (primary N) is 1. The third kappa shape index (κ3) is 7.62. The Bertz CT molecular complexity index is 73.3. The van der Waals surface area contributed by atoms with E-state index in [2.05, 4.69) is 17.5 Å².